The molecule has 1 saturated carbocycles. The van der Waals surface area contributed by atoms with Gasteiger partial charge in [-0.2, -0.15) is 23.5 Å². The monoisotopic (exact) mass is 554 g/mol. The van der Waals surface area contributed by atoms with Crippen molar-refractivity contribution >= 4 is 15.7 Å². The number of nitrogens with one attached hydrogen (secondary N) is 1. The lowest BCUT2D eigenvalue weighted by Gasteiger charge is -2.35. The van der Waals surface area contributed by atoms with Gasteiger partial charge in [-0.3, -0.25) is 9.48 Å². The van der Waals surface area contributed by atoms with Crippen LogP contribution in [0.1, 0.15) is 68.1 Å². The third kappa shape index (κ3) is 6.56. The van der Waals surface area contributed by atoms with Crippen molar-refractivity contribution in [1.82, 2.24) is 15.1 Å². The van der Waals surface area contributed by atoms with Gasteiger partial charge in [-0.25, -0.2) is 8.42 Å². The Kier molecular flexibility index (Phi) is 8.34. The Morgan fingerprint density at radius 3 is 2.42 bits per heavy atom. The fourth-order valence-corrected chi connectivity index (χ4v) is 5.77. The molecule has 8 nitrogen and oxygen atoms in total. The molecule has 0 radical (unpaired) electrons. The van der Waals surface area contributed by atoms with Crippen LogP contribution in [-0.2, 0) is 22.8 Å². The Morgan fingerprint density at radius 2 is 1.89 bits per heavy atom. The minimum Gasteiger partial charge on any atom is -0.388 e. The van der Waals surface area contributed by atoms with Gasteiger partial charge in [0.2, 0.25) is 0 Å². The fraction of sp³-hybridized carbons (Fsp3) is 0.577. The maximum Gasteiger partial charge on any atom is 0.394 e. The third-order valence-electron chi connectivity index (χ3n) is 7.25. The van der Waals surface area contributed by atoms with Crippen molar-refractivity contribution in [2.45, 2.75) is 76.4 Å². The van der Waals surface area contributed by atoms with Gasteiger partial charge in [0.05, 0.1) is 33.6 Å². The van der Waals surface area contributed by atoms with Gasteiger partial charge >= 0.3 is 6.18 Å². The van der Waals surface area contributed by atoms with Crippen LogP contribution < -0.4 is 5.32 Å². The highest BCUT2D eigenvalue weighted by Crippen LogP contribution is 2.40. The summed E-state index contributed by atoms with van der Waals surface area (Å²) in [6.45, 7) is 4.32. The maximum atomic E-state index is 13.3. The number of aryl methyl sites for hydroxylation is 1. The number of benzene rings is 1. The van der Waals surface area contributed by atoms with Crippen molar-refractivity contribution in [2.75, 3.05) is 12.8 Å². The average molecular weight is 555 g/mol. The molecule has 0 aliphatic heterocycles. The highest BCUT2D eigenvalue weighted by molar-refractivity contribution is 7.91. The summed E-state index contributed by atoms with van der Waals surface area (Å²) in [6.07, 6.45) is -2.41. The highest BCUT2D eigenvalue weighted by atomic mass is 32.2. The van der Waals surface area contributed by atoms with Crippen LogP contribution in [0.5, 0.6) is 0 Å². The maximum absolute atomic E-state index is 13.3. The molecule has 38 heavy (non-hydrogen) atoms. The molecule has 1 aliphatic carbocycles. The number of amides is 1. The Labute approximate surface area is 220 Å². The number of sulfone groups is 1. The van der Waals surface area contributed by atoms with Crippen molar-refractivity contribution in [3.8, 4) is 17.3 Å². The molecular weight excluding hydrogens is 521 g/mol. The molecule has 1 aliphatic rings. The van der Waals surface area contributed by atoms with E-state index in [1.54, 1.807) is 19.1 Å². The number of halogens is 3. The number of hydrogen-bond donors (Lipinski definition) is 2. The van der Waals surface area contributed by atoms with Gasteiger partial charge in [-0.05, 0) is 56.7 Å². The second-order valence-corrected chi connectivity index (χ2v) is 13.0. The van der Waals surface area contributed by atoms with Gasteiger partial charge in [0.1, 0.15) is 9.84 Å². The van der Waals surface area contributed by atoms with Crippen molar-refractivity contribution in [2.24, 2.45) is 5.41 Å². The van der Waals surface area contributed by atoms with E-state index in [1.165, 1.54) is 23.1 Å². The van der Waals surface area contributed by atoms with Gasteiger partial charge in [0, 0.05) is 24.9 Å². The molecule has 3 rings (SSSR count). The minimum atomic E-state index is -4.40. The van der Waals surface area contributed by atoms with Crippen LogP contribution in [0, 0.1) is 16.7 Å². The van der Waals surface area contributed by atoms with E-state index in [1.807, 2.05) is 6.07 Å². The quantitative estimate of drug-likeness (QED) is 0.508. The number of nitrogens with zero attached hydrogens (tertiary/aromatic N) is 3. The summed E-state index contributed by atoms with van der Waals surface area (Å²) in [5.41, 5.74) is -1.70. The van der Waals surface area contributed by atoms with E-state index in [-0.39, 0.29) is 37.1 Å². The zero-order chi connectivity index (χ0) is 28.5. The molecule has 208 valence electrons. The highest BCUT2D eigenvalue weighted by Gasteiger charge is 2.47. The number of carbonyl (C=O) groups is 1. The van der Waals surface area contributed by atoms with Gasteiger partial charge in [-0.15, -0.1) is 0 Å². The molecule has 1 aromatic carbocycles. The van der Waals surface area contributed by atoms with Crippen LogP contribution in [0.3, 0.4) is 0 Å². The van der Waals surface area contributed by atoms with Crippen LogP contribution in [0.25, 0.3) is 11.3 Å². The zero-order valence-electron chi connectivity index (χ0n) is 21.9. The number of aliphatic hydroxyl groups is 1. The molecule has 1 heterocycles. The van der Waals surface area contributed by atoms with Crippen molar-refractivity contribution in [1.29, 1.82) is 5.26 Å². The molecule has 2 aromatic rings. The first-order valence-corrected chi connectivity index (χ1v) is 14.3. The Hall–Kier alpha value is -2.91. The van der Waals surface area contributed by atoms with E-state index in [0.29, 0.717) is 36.2 Å². The van der Waals surface area contributed by atoms with Crippen LogP contribution >= 0.6 is 0 Å². The molecular formula is C26H33F3N4O4S. The van der Waals surface area contributed by atoms with Gasteiger partial charge in [0.15, 0.2) is 5.69 Å². The van der Waals surface area contributed by atoms with E-state index in [0.717, 1.165) is 13.8 Å². The van der Waals surface area contributed by atoms with E-state index in [9.17, 15) is 36.8 Å². The molecule has 0 atom stereocenters. The normalized spacial score (nSPS) is 20.7. The van der Waals surface area contributed by atoms with Crippen LogP contribution in [0.4, 0.5) is 13.2 Å². The number of rotatable bonds is 8. The lowest BCUT2D eigenvalue weighted by Crippen LogP contribution is -2.47. The summed E-state index contributed by atoms with van der Waals surface area (Å²) < 4.78 is 65.1. The first-order chi connectivity index (χ1) is 17.5. The zero-order valence-corrected chi connectivity index (χ0v) is 22.7. The number of hydrogen-bond acceptors (Lipinski definition) is 6. The van der Waals surface area contributed by atoms with E-state index in [2.05, 4.69) is 10.4 Å². The first kappa shape index (κ1) is 29.6. The van der Waals surface area contributed by atoms with E-state index >= 15 is 0 Å². The minimum absolute atomic E-state index is 0.0569. The summed E-state index contributed by atoms with van der Waals surface area (Å²) in [6, 6.07) is 8.07. The topological polar surface area (TPSA) is 125 Å². The summed E-state index contributed by atoms with van der Waals surface area (Å²) in [5, 5.41) is 27.0. The number of carbonyl (C=O) groups excluding carboxylic acids is 1. The largest absolute Gasteiger partial charge is 0.394 e. The molecule has 1 fully saturated rings. The first-order valence-electron chi connectivity index (χ1n) is 12.4. The van der Waals surface area contributed by atoms with E-state index < -0.39 is 38.2 Å². The summed E-state index contributed by atoms with van der Waals surface area (Å²) >= 11 is 0. The Balaban J connectivity index is 1.78. The summed E-state index contributed by atoms with van der Waals surface area (Å²) in [4.78, 5) is 12.9. The molecule has 2 N–H and O–H groups in total. The van der Waals surface area contributed by atoms with E-state index in [4.69, 9.17) is 0 Å². The number of alkyl halides is 3. The predicted octanol–water partition coefficient (Wildman–Crippen LogP) is 4.02. The summed E-state index contributed by atoms with van der Waals surface area (Å²) in [7, 11) is -3.19. The number of aromatic nitrogens is 2. The average Bonchev–Trinajstić information content (AvgIpc) is 3.25. The molecule has 0 bridgehead atoms. The molecule has 0 saturated heterocycles. The molecule has 1 amide bonds. The molecule has 0 spiro atoms. The molecule has 12 heteroatoms. The lowest BCUT2D eigenvalue weighted by molar-refractivity contribution is -0.211. The standard InChI is InChI=1S/C26H33F3N4O4S/c1-5-33-22(20-7-6-17(12-18(20)15-30)14-24(2,3)26(27,28)29)13-21(32-33)23(34)31-16-25(35)10-8-19(9-11-25)38(4,36)37/h6-7,12-13,19,35H,5,8-11,14,16H2,1-4H3,(H,31,34). The molecule has 1 aromatic heterocycles. The summed E-state index contributed by atoms with van der Waals surface area (Å²) in [5.74, 6) is -0.542. The second-order valence-electron chi connectivity index (χ2n) is 10.7. The second kappa shape index (κ2) is 10.7. The van der Waals surface area contributed by atoms with Gasteiger partial charge < -0.3 is 10.4 Å². The number of nitriles is 1. The smallest absolute Gasteiger partial charge is 0.388 e. The predicted molar refractivity (Wildman–Crippen MR) is 136 cm³/mol. The van der Waals surface area contributed by atoms with Gasteiger partial charge in [0.25, 0.3) is 5.91 Å². The lowest BCUT2D eigenvalue weighted by atomic mass is 9.84. The SMILES string of the molecule is CCn1nc(C(=O)NCC2(O)CCC(S(C)(=O)=O)CC2)cc1-c1ccc(CC(C)(C)C(F)(F)F)cc1C#N. The fourth-order valence-electron chi connectivity index (χ4n) is 4.68. The van der Waals surface area contributed by atoms with Crippen molar-refractivity contribution in [3.63, 3.8) is 0 Å². The van der Waals surface area contributed by atoms with Crippen molar-refractivity contribution in [3.05, 3.63) is 41.1 Å². The van der Waals surface area contributed by atoms with Crippen LogP contribution in [-0.4, -0.2) is 59.0 Å². The third-order valence-corrected chi connectivity index (χ3v) is 8.94. The molecule has 0 unspecified atom stereocenters. The van der Waals surface area contributed by atoms with Crippen LogP contribution in [0.2, 0.25) is 0 Å². The van der Waals surface area contributed by atoms with Crippen molar-refractivity contribution < 1.29 is 31.5 Å². The Bertz CT molecular complexity index is 1340. The van der Waals surface area contributed by atoms with Crippen LogP contribution in [0.15, 0.2) is 24.3 Å². The van der Waals surface area contributed by atoms with Gasteiger partial charge in [-0.1, -0.05) is 26.0 Å². The Morgan fingerprint density at radius 1 is 1.26 bits per heavy atom.